The largest absolute Gasteiger partial charge is 0.477 e. The van der Waals surface area contributed by atoms with E-state index in [4.69, 9.17) is 5.11 Å². The number of amides is 1. The van der Waals surface area contributed by atoms with Gasteiger partial charge >= 0.3 is 5.97 Å². The van der Waals surface area contributed by atoms with E-state index in [0.29, 0.717) is 30.2 Å². The van der Waals surface area contributed by atoms with Gasteiger partial charge in [0.05, 0.1) is 5.69 Å². The molecule has 1 atom stereocenters. The fourth-order valence-corrected chi connectivity index (χ4v) is 3.38. The highest BCUT2D eigenvalue weighted by Gasteiger charge is 2.32. The molecular weight excluding hydrogens is 320 g/mol. The summed E-state index contributed by atoms with van der Waals surface area (Å²) in [6.45, 7) is 2.47. The van der Waals surface area contributed by atoms with Crippen LogP contribution in [0.3, 0.4) is 0 Å². The maximum absolute atomic E-state index is 11.8. The van der Waals surface area contributed by atoms with Gasteiger partial charge < -0.3 is 5.11 Å². The Morgan fingerprint density at radius 2 is 2.39 bits per heavy atom. The molecular formula is C11H13BrN2O3S. The Hall–Kier alpha value is -0.950. The summed E-state index contributed by atoms with van der Waals surface area (Å²) < 4.78 is 0. The lowest BCUT2D eigenvalue weighted by Gasteiger charge is -2.11. The Labute approximate surface area is 117 Å². The number of carbonyl (C=O) groups is 2. The molecule has 1 aliphatic rings. The molecule has 7 heteroatoms. The minimum atomic E-state index is -0.973. The Morgan fingerprint density at radius 1 is 1.67 bits per heavy atom. The van der Waals surface area contributed by atoms with E-state index in [1.165, 1.54) is 0 Å². The van der Waals surface area contributed by atoms with Gasteiger partial charge in [0.2, 0.25) is 5.91 Å². The third-order valence-electron chi connectivity index (χ3n) is 2.87. The number of carboxylic acid groups (broad SMARTS) is 1. The van der Waals surface area contributed by atoms with E-state index in [1.807, 2.05) is 6.92 Å². The van der Waals surface area contributed by atoms with E-state index in [1.54, 1.807) is 4.90 Å². The predicted octanol–water partition coefficient (Wildman–Crippen LogP) is 2.15. The van der Waals surface area contributed by atoms with Crippen molar-refractivity contribution in [1.29, 1.82) is 0 Å². The highest BCUT2D eigenvalue weighted by Crippen LogP contribution is 2.32. The zero-order chi connectivity index (χ0) is 13.3. The van der Waals surface area contributed by atoms with Gasteiger partial charge in [0.1, 0.15) is 4.88 Å². The Kier molecular flexibility index (Phi) is 4.01. The summed E-state index contributed by atoms with van der Waals surface area (Å²) in [5.41, 5.74) is 0.553. The van der Waals surface area contributed by atoms with Crippen LogP contribution in [0.25, 0.3) is 0 Å². The first-order valence-corrected chi connectivity index (χ1v) is 7.59. The van der Waals surface area contributed by atoms with Crippen molar-refractivity contribution in [2.75, 3.05) is 16.8 Å². The van der Waals surface area contributed by atoms with Gasteiger partial charge in [-0.25, -0.2) is 9.78 Å². The number of aromatic nitrogens is 1. The molecule has 18 heavy (non-hydrogen) atoms. The number of carboxylic acids is 1. The van der Waals surface area contributed by atoms with Crippen molar-refractivity contribution in [1.82, 2.24) is 4.98 Å². The number of thiazole rings is 1. The number of nitrogens with zero attached hydrogens (tertiary/aromatic N) is 2. The standard InChI is InChI=1S/C11H13BrN2O3S/c1-2-7-9(10(16)17)18-11(13-7)14-5-6(4-12)3-8(14)15/h6H,2-5H2,1H3,(H,16,17). The zero-order valence-corrected chi connectivity index (χ0v) is 12.3. The van der Waals surface area contributed by atoms with Gasteiger partial charge in [0.15, 0.2) is 5.13 Å². The lowest BCUT2D eigenvalue weighted by Crippen LogP contribution is -2.24. The first-order chi connectivity index (χ1) is 8.56. The molecule has 1 amide bonds. The fourth-order valence-electron chi connectivity index (χ4n) is 1.93. The fraction of sp³-hybridized carbons (Fsp3) is 0.545. The molecule has 0 saturated carbocycles. The first-order valence-electron chi connectivity index (χ1n) is 5.66. The molecule has 0 bridgehead atoms. The molecule has 1 fully saturated rings. The monoisotopic (exact) mass is 332 g/mol. The average Bonchev–Trinajstić information content (AvgIpc) is 2.91. The third kappa shape index (κ3) is 2.42. The van der Waals surface area contributed by atoms with Crippen molar-refractivity contribution in [2.24, 2.45) is 5.92 Å². The SMILES string of the molecule is CCc1nc(N2CC(CBr)CC2=O)sc1C(=O)O. The van der Waals surface area contributed by atoms with Crippen molar-refractivity contribution < 1.29 is 14.7 Å². The Morgan fingerprint density at radius 3 is 2.83 bits per heavy atom. The van der Waals surface area contributed by atoms with Crippen LogP contribution < -0.4 is 4.90 Å². The molecule has 2 rings (SSSR count). The number of alkyl halides is 1. The molecule has 0 aliphatic carbocycles. The molecule has 0 aromatic carbocycles. The lowest BCUT2D eigenvalue weighted by molar-refractivity contribution is -0.117. The molecule has 98 valence electrons. The maximum Gasteiger partial charge on any atom is 0.347 e. The highest BCUT2D eigenvalue weighted by atomic mass is 79.9. The second-order valence-electron chi connectivity index (χ2n) is 4.16. The summed E-state index contributed by atoms with van der Waals surface area (Å²) in [6, 6.07) is 0. The van der Waals surface area contributed by atoms with E-state index in [-0.39, 0.29) is 16.7 Å². The van der Waals surface area contributed by atoms with Crippen LogP contribution in [0.4, 0.5) is 5.13 Å². The van der Waals surface area contributed by atoms with Crippen LogP contribution >= 0.6 is 27.3 Å². The molecule has 1 unspecified atom stereocenters. The van der Waals surface area contributed by atoms with Crippen LogP contribution in [-0.2, 0) is 11.2 Å². The van der Waals surface area contributed by atoms with Crippen LogP contribution in [0, 0.1) is 5.92 Å². The molecule has 1 aromatic heterocycles. The molecule has 2 heterocycles. The predicted molar refractivity (Wildman–Crippen MR) is 72.7 cm³/mol. The quantitative estimate of drug-likeness (QED) is 0.857. The number of halogens is 1. The minimum Gasteiger partial charge on any atom is -0.477 e. The first kappa shape index (κ1) is 13.5. The number of aromatic carboxylic acids is 1. The summed E-state index contributed by atoms with van der Waals surface area (Å²) in [6.07, 6.45) is 1.05. The van der Waals surface area contributed by atoms with Crippen molar-refractivity contribution >= 4 is 44.3 Å². The molecule has 1 aromatic rings. The number of rotatable bonds is 4. The van der Waals surface area contributed by atoms with Gasteiger partial charge in [0, 0.05) is 18.3 Å². The molecule has 0 spiro atoms. The topological polar surface area (TPSA) is 70.5 Å². The van der Waals surface area contributed by atoms with Gasteiger partial charge in [-0.15, -0.1) is 0 Å². The van der Waals surface area contributed by atoms with Gasteiger partial charge in [-0.1, -0.05) is 34.2 Å². The average molecular weight is 333 g/mol. The Balaban J connectivity index is 2.29. The van der Waals surface area contributed by atoms with E-state index in [0.717, 1.165) is 16.7 Å². The second kappa shape index (κ2) is 5.36. The summed E-state index contributed by atoms with van der Waals surface area (Å²) in [5.74, 6) is -0.674. The van der Waals surface area contributed by atoms with E-state index in [9.17, 15) is 9.59 Å². The molecule has 5 nitrogen and oxygen atoms in total. The highest BCUT2D eigenvalue weighted by molar-refractivity contribution is 9.09. The van der Waals surface area contributed by atoms with Crippen LogP contribution in [0.15, 0.2) is 0 Å². The third-order valence-corrected chi connectivity index (χ3v) is 4.89. The van der Waals surface area contributed by atoms with Gasteiger partial charge in [-0.3, -0.25) is 9.69 Å². The Bertz CT molecular complexity index is 489. The second-order valence-corrected chi connectivity index (χ2v) is 5.78. The molecule has 0 radical (unpaired) electrons. The van der Waals surface area contributed by atoms with Crippen molar-refractivity contribution in [3.05, 3.63) is 10.6 Å². The van der Waals surface area contributed by atoms with Gasteiger partial charge in [0.25, 0.3) is 0 Å². The summed E-state index contributed by atoms with van der Waals surface area (Å²) in [5, 5.41) is 10.4. The van der Waals surface area contributed by atoms with Crippen LogP contribution in [0.5, 0.6) is 0 Å². The number of hydrogen-bond acceptors (Lipinski definition) is 4. The molecule has 1 N–H and O–H groups in total. The van der Waals surface area contributed by atoms with Crippen LogP contribution in [-0.4, -0.2) is 33.8 Å². The zero-order valence-electron chi connectivity index (χ0n) is 9.85. The van der Waals surface area contributed by atoms with E-state index in [2.05, 4.69) is 20.9 Å². The molecule has 1 aliphatic heterocycles. The van der Waals surface area contributed by atoms with E-state index < -0.39 is 5.97 Å². The van der Waals surface area contributed by atoms with Crippen molar-refractivity contribution in [3.8, 4) is 0 Å². The normalized spacial score (nSPS) is 19.6. The number of hydrogen-bond donors (Lipinski definition) is 1. The maximum atomic E-state index is 11.8. The summed E-state index contributed by atoms with van der Waals surface area (Å²) in [4.78, 5) is 29.0. The van der Waals surface area contributed by atoms with Crippen LogP contribution in [0.2, 0.25) is 0 Å². The van der Waals surface area contributed by atoms with Gasteiger partial charge in [-0.05, 0) is 12.3 Å². The minimum absolute atomic E-state index is 0.0211. The molecule has 1 saturated heterocycles. The van der Waals surface area contributed by atoms with Crippen molar-refractivity contribution in [2.45, 2.75) is 19.8 Å². The summed E-state index contributed by atoms with van der Waals surface area (Å²) >= 11 is 4.46. The number of carbonyl (C=O) groups excluding carboxylic acids is 1. The smallest absolute Gasteiger partial charge is 0.347 e. The number of anilines is 1. The lowest BCUT2D eigenvalue weighted by atomic mass is 10.2. The number of aryl methyl sites for hydroxylation is 1. The van der Waals surface area contributed by atoms with Crippen LogP contribution in [0.1, 0.15) is 28.7 Å². The van der Waals surface area contributed by atoms with Crippen molar-refractivity contribution in [3.63, 3.8) is 0 Å². The van der Waals surface area contributed by atoms with E-state index >= 15 is 0 Å². The summed E-state index contributed by atoms with van der Waals surface area (Å²) in [7, 11) is 0. The van der Waals surface area contributed by atoms with Gasteiger partial charge in [-0.2, -0.15) is 0 Å².